The first kappa shape index (κ1) is 12.4. The van der Waals surface area contributed by atoms with Crippen molar-refractivity contribution in [2.75, 3.05) is 0 Å². The van der Waals surface area contributed by atoms with Crippen molar-refractivity contribution in [1.29, 1.82) is 0 Å². The van der Waals surface area contributed by atoms with Crippen LogP contribution in [-0.2, 0) is 13.0 Å². The van der Waals surface area contributed by atoms with Gasteiger partial charge in [0.15, 0.2) is 5.76 Å². The van der Waals surface area contributed by atoms with E-state index in [9.17, 15) is 4.79 Å². The van der Waals surface area contributed by atoms with Crippen molar-refractivity contribution >= 4 is 16.8 Å². The van der Waals surface area contributed by atoms with Crippen molar-refractivity contribution in [1.82, 2.24) is 5.32 Å². The summed E-state index contributed by atoms with van der Waals surface area (Å²) in [6, 6.07) is 17.6. The lowest BCUT2D eigenvalue weighted by Gasteiger charge is -2.24. The highest BCUT2D eigenvalue weighted by atomic mass is 16.3. The fourth-order valence-electron chi connectivity index (χ4n) is 2.91. The number of para-hydroxylation sites is 1. The molecule has 1 atom stereocenters. The summed E-state index contributed by atoms with van der Waals surface area (Å²) in [4.78, 5) is 12.6. The van der Waals surface area contributed by atoms with Gasteiger partial charge in [0.2, 0.25) is 5.78 Å². The molecule has 3 heteroatoms. The smallest absolute Gasteiger partial charge is 0.215 e. The third-order valence-electron chi connectivity index (χ3n) is 4.07. The highest BCUT2D eigenvalue weighted by Crippen LogP contribution is 2.23. The lowest BCUT2D eigenvalue weighted by molar-refractivity contribution is 0.0912. The van der Waals surface area contributed by atoms with Gasteiger partial charge < -0.3 is 9.73 Å². The van der Waals surface area contributed by atoms with Crippen molar-refractivity contribution in [3.05, 3.63) is 71.5 Å². The molecule has 21 heavy (non-hydrogen) atoms. The summed E-state index contributed by atoms with van der Waals surface area (Å²) in [6.45, 7) is 0.729. The van der Waals surface area contributed by atoms with Gasteiger partial charge in [-0.2, -0.15) is 0 Å². The van der Waals surface area contributed by atoms with Gasteiger partial charge in [0.05, 0.1) is 6.04 Å². The molecule has 1 unspecified atom stereocenters. The van der Waals surface area contributed by atoms with Gasteiger partial charge in [-0.05, 0) is 29.7 Å². The molecular formula is C18H15NO2. The Kier molecular flexibility index (Phi) is 2.86. The maximum absolute atomic E-state index is 12.6. The number of hydrogen-bond donors (Lipinski definition) is 1. The Balaban J connectivity index is 1.63. The number of fused-ring (bicyclic) bond motifs is 2. The SMILES string of the molecule is O=C(c1cc2ccccc2o1)C1Cc2ccccc2CN1. The first-order chi connectivity index (χ1) is 10.3. The highest BCUT2D eigenvalue weighted by Gasteiger charge is 2.27. The van der Waals surface area contributed by atoms with Gasteiger partial charge >= 0.3 is 0 Å². The molecular weight excluding hydrogens is 262 g/mol. The Labute approximate surface area is 122 Å². The van der Waals surface area contributed by atoms with E-state index < -0.39 is 0 Å². The van der Waals surface area contributed by atoms with Crippen LogP contribution in [0.1, 0.15) is 21.7 Å². The van der Waals surface area contributed by atoms with Crippen molar-refractivity contribution < 1.29 is 9.21 Å². The Morgan fingerprint density at radius 3 is 2.67 bits per heavy atom. The summed E-state index contributed by atoms with van der Waals surface area (Å²) in [5.74, 6) is 0.466. The number of hydrogen-bond acceptors (Lipinski definition) is 3. The third-order valence-corrected chi connectivity index (χ3v) is 4.07. The minimum Gasteiger partial charge on any atom is -0.453 e. The van der Waals surface area contributed by atoms with Crippen molar-refractivity contribution in [2.24, 2.45) is 0 Å². The molecule has 3 nitrogen and oxygen atoms in total. The molecule has 1 aromatic heterocycles. The zero-order valence-electron chi connectivity index (χ0n) is 11.5. The molecule has 3 aromatic rings. The van der Waals surface area contributed by atoms with Crippen LogP contribution in [0, 0.1) is 0 Å². The summed E-state index contributed by atoms with van der Waals surface area (Å²) in [5, 5.41) is 4.28. The molecule has 0 bridgehead atoms. The predicted molar refractivity (Wildman–Crippen MR) is 81.3 cm³/mol. The van der Waals surface area contributed by atoms with Gasteiger partial charge in [0.25, 0.3) is 0 Å². The van der Waals surface area contributed by atoms with Gasteiger partial charge in [0.1, 0.15) is 5.58 Å². The molecule has 104 valence electrons. The minimum atomic E-state index is -0.208. The zero-order valence-corrected chi connectivity index (χ0v) is 11.5. The zero-order chi connectivity index (χ0) is 14.2. The maximum Gasteiger partial charge on any atom is 0.215 e. The van der Waals surface area contributed by atoms with Crippen molar-refractivity contribution in [2.45, 2.75) is 19.0 Å². The van der Waals surface area contributed by atoms with Crippen LogP contribution < -0.4 is 5.32 Å². The molecule has 0 saturated carbocycles. The van der Waals surface area contributed by atoms with Crippen LogP contribution in [0.5, 0.6) is 0 Å². The number of carbonyl (C=O) groups is 1. The van der Waals surface area contributed by atoms with Crippen molar-refractivity contribution in [3.63, 3.8) is 0 Å². The Morgan fingerprint density at radius 1 is 1.05 bits per heavy atom. The molecule has 0 radical (unpaired) electrons. The van der Waals surface area contributed by atoms with E-state index >= 15 is 0 Å². The molecule has 2 heterocycles. The number of ketones is 1. The van der Waals surface area contributed by atoms with Crippen LogP contribution in [0.15, 0.2) is 59.0 Å². The van der Waals surface area contributed by atoms with Gasteiger partial charge in [-0.25, -0.2) is 0 Å². The molecule has 4 rings (SSSR count). The molecule has 1 aliphatic heterocycles. The van der Waals surface area contributed by atoms with Gasteiger partial charge in [-0.15, -0.1) is 0 Å². The molecule has 0 spiro atoms. The van der Waals surface area contributed by atoms with E-state index in [-0.39, 0.29) is 11.8 Å². The van der Waals surface area contributed by atoms with Crippen LogP contribution in [0.3, 0.4) is 0 Å². The Morgan fingerprint density at radius 2 is 1.81 bits per heavy atom. The van der Waals surface area contributed by atoms with Crippen LogP contribution in [-0.4, -0.2) is 11.8 Å². The number of benzene rings is 2. The first-order valence-corrected chi connectivity index (χ1v) is 7.14. The average molecular weight is 277 g/mol. The van der Waals surface area contributed by atoms with E-state index in [1.165, 1.54) is 11.1 Å². The molecule has 0 fully saturated rings. The van der Waals surface area contributed by atoms with Gasteiger partial charge in [0, 0.05) is 11.9 Å². The summed E-state index contributed by atoms with van der Waals surface area (Å²) >= 11 is 0. The quantitative estimate of drug-likeness (QED) is 0.731. The summed E-state index contributed by atoms with van der Waals surface area (Å²) < 4.78 is 5.68. The third kappa shape index (κ3) is 2.16. The second-order valence-corrected chi connectivity index (χ2v) is 5.42. The number of carbonyl (C=O) groups excluding carboxylic acids is 1. The van der Waals surface area contributed by atoms with E-state index in [0.717, 1.165) is 17.5 Å². The lowest BCUT2D eigenvalue weighted by Crippen LogP contribution is -2.41. The molecule has 1 N–H and O–H groups in total. The monoisotopic (exact) mass is 277 g/mol. The van der Waals surface area contributed by atoms with Crippen LogP contribution in [0.4, 0.5) is 0 Å². The maximum atomic E-state index is 12.6. The van der Waals surface area contributed by atoms with E-state index in [2.05, 4.69) is 17.4 Å². The van der Waals surface area contributed by atoms with Crippen LogP contribution >= 0.6 is 0 Å². The molecule has 0 aliphatic carbocycles. The summed E-state index contributed by atoms with van der Waals surface area (Å²) in [6.07, 6.45) is 0.714. The topological polar surface area (TPSA) is 42.2 Å². The van der Waals surface area contributed by atoms with Crippen molar-refractivity contribution in [3.8, 4) is 0 Å². The number of Topliss-reactive ketones (excluding diaryl/α,β-unsaturated/α-hetero) is 1. The highest BCUT2D eigenvalue weighted by molar-refractivity contribution is 6.01. The minimum absolute atomic E-state index is 0.0284. The lowest BCUT2D eigenvalue weighted by atomic mass is 9.93. The second kappa shape index (κ2) is 4.86. The van der Waals surface area contributed by atoms with E-state index in [1.807, 2.05) is 42.5 Å². The first-order valence-electron chi connectivity index (χ1n) is 7.14. The predicted octanol–water partition coefficient (Wildman–Crippen LogP) is 3.33. The normalized spacial score (nSPS) is 17.6. The Hall–Kier alpha value is -2.39. The summed E-state index contributed by atoms with van der Waals surface area (Å²) in [5.41, 5.74) is 3.27. The van der Waals surface area contributed by atoms with E-state index in [1.54, 1.807) is 0 Å². The van der Waals surface area contributed by atoms with Gasteiger partial charge in [-0.3, -0.25) is 4.79 Å². The molecule has 2 aromatic carbocycles. The number of furan rings is 1. The molecule has 0 saturated heterocycles. The second-order valence-electron chi connectivity index (χ2n) is 5.42. The fraction of sp³-hybridized carbons (Fsp3) is 0.167. The molecule has 0 amide bonds. The summed E-state index contributed by atoms with van der Waals surface area (Å²) in [7, 11) is 0. The van der Waals surface area contributed by atoms with Crippen LogP contribution in [0.2, 0.25) is 0 Å². The molecule has 1 aliphatic rings. The number of rotatable bonds is 2. The van der Waals surface area contributed by atoms with Gasteiger partial charge in [-0.1, -0.05) is 42.5 Å². The largest absolute Gasteiger partial charge is 0.453 e. The average Bonchev–Trinajstić information content (AvgIpc) is 2.97. The van der Waals surface area contributed by atoms with Crippen LogP contribution in [0.25, 0.3) is 11.0 Å². The number of nitrogens with one attached hydrogen (secondary N) is 1. The van der Waals surface area contributed by atoms with E-state index in [4.69, 9.17) is 4.42 Å². The standard InChI is InChI=1S/C18H15NO2/c20-18(17-10-13-6-3-4-8-16(13)21-17)15-9-12-5-1-2-7-14(12)11-19-15/h1-8,10,15,19H,9,11H2. The van der Waals surface area contributed by atoms with E-state index in [0.29, 0.717) is 12.2 Å². The fourth-order valence-corrected chi connectivity index (χ4v) is 2.91. The Bertz CT molecular complexity index is 786.